The van der Waals surface area contributed by atoms with Gasteiger partial charge < -0.3 is 10.1 Å². The van der Waals surface area contributed by atoms with E-state index in [1.165, 1.54) is 36.4 Å². The number of anilines is 1. The van der Waals surface area contributed by atoms with Gasteiger partial charge in [0.15, 0.2) is 0 Å². The van der Waals surface area contributed by atoms with Crippen LogP contribution in [0.3, 0.4) is 0 Å². The number of ether oxygens (including phenoxy) is 1. The molecule has 0 heterocycles. The van der Waals surface area contributed by atoms with Crippen molar-refractivity contribution in [2.75, 3.05) is 11.9 Å². The molecular weight excluding hydrogens is 371 g/mol. The Morgan fingerprint density at radius 1 is 1.19 bits per heavy atom. The van der Waals surface area contributed by atoms with E-state index in [-0.39, 0.29) is 22.2 Å². The molecule has 0 aromatic heterocycles. The first-order valence-corrected chi connectivity index (χ1v) is 10.1. The van der Waals surface area contributed by atoms with E-state index in [9.17, 15) is 17.6 Å². The van der Waals surface area contributed by atoms with Crippen LogP contribution in [0.2, 0.25) is 0 Å². The Hall–Kier alpha value is -2.45. The number of halogens is 1. The Labute approximate surface area is 158 Å². The third-order valence-electron chi connectivity index (χ3n) is 3.90. The van der Waals surface area contributed by atoms with E-state index in [4.69, 9.17) is 4.74 Å². The summed E-state index contributed by atoms with van der Waals surface area (Å²) in [6.07, 6.45) is 0.632. The van der Waals surface area contributed by atoms with Crippen molar-refractivity contribution >= 4 is 21.6 Å². The van der Waals surface area contributed by atoms with Crippen molar-refractivity contribution in [1.29, 1.82) is 0 Å². The Bertz CT molecular complexity index is 916. The molecule has 0 aliphatic heterocycles. The molecule has 1 amide bonds. The largest absolute Gasteiger partial charge is 0.492 e. The highest BCUT2D eigenvalue weighted by Crippen LogP contribution is 2.29. The van der Waals surface area contributed by atoms with Crippen molar-refractivity contribution in [3.63, 3.8) is 0 Å². The Morgan fingerprint density at radius 3 is 2.52 bits per heavy atom. The summed E-state index contributed by atoms with van der Waals surface area (Å²) >= 11 is 0. The lowest BCUT2D eigenvalue weighted by atomic mass is 10.2. The minimum atomic E-state index is -3.77. The zero-order chi connectivity index (χ0) is 20.0. The second-order valence-corrected chi connectivity index (χ2v) is 7.67. The molecule has 0 saturated carbocycles. The Morgan fingerprint density at radius 2 is 1.89 bits per heavy atom. The number of sulfonamides is 1. The third-order valence-corrected chi connectivity index (χ3v) is 5.48. The van der Waals surface area contributed by atoms with Crippen LogP contribution >= 0.6 is 0 Å². The van der Waals surface area contributed by atoms with E-state index in [2.05, 4.69) is 10.0 Å². The van der Waals surface area contributed by atoms with E-state index in [1.54, 1.807) is 19.9 Å². The van der Waals surface area contributed by atoms with Gasteiger partial charge in [0.1, 0.15) is 11.6 Å². The van der Waals surface area contributed by atoms with Gasteiger partial charge in [-0.2, -0.15) is 0 Å². The molecule has 0 spiro atoms. The number of benzene rings is 2. The molecule has 0 bridgehead atoms. The maximum Gasteiger partial charge on any atom is 0.258 e. The molecular formula is C19H23FN2O4S. The zero-order valence-electron chi connectivity index (χ0n) is 15.5. The molecule has 0 fully saturated rings. The molecule has 0 aliphatic rings. The SMILES string of the molecule is CCOc1ccc(S(=O)(=O)N[C@H](C)CC)cc1NC(=O)c1ccccc1F. The van der Waals surface area contributed by atoms with Gasteiger partial charge in [0.2, 0.25) is 10.0 Å². The van der Waals surface area contributed by atoms with Crippen molar-refractivity contribution in [2.24, 2.45) is 0 Å². The van der Waals surface area contributed by atoms with Gasteiger partial charge in [0.25, 0.3) is 5.91 Å². The van der Waals surface area contributed by atoms with Crippen molar-refractivity contribution in [3.8, 4) is 5.75 Å². The van der Waals surface area contributed by atoms with Gasteiger partial charge in [-0.3, -0.25) is 4.79 Å². The standard InChI is InChI=1S/C19H23FN2O4S/c1-4-13(3)22-27(24,25)14-10-11-18(26-5-2)17(12-14)21-19(23)15-8-6-7-9-16(15)20/h6-13,22H,4-5H2,1-3H3,(H,21,23)/t13-/m1/s1. The summed E-state index contributed by atoms with van der Waals surface area (Å²) in [4.78, 5) is 12.4. The minimum absolute atomic E-state index is 0.0184. The maximum atomic E-state index is 13.8. The second kappa shape index (κ2) is 8.96. The number of carbonyl (C=O) groups is 1. The van der Waals surface area contributed by atoms with Crippen LogP contribution in [0.1, 0.15) is 37.6 Å². The number of hydrogen-bond acceptors (Lipinski definition) is 4. The molecule has 0 saturated heterocycles. The van der Waals surface area contributed by atoms with E-state index < -0.39 is 21.7 Å². The first kappa shape index (κ1) is 20.9. The molecule has 0 unspecified atom stereocenters. The molecule has 6 nitrogen and oxygen atoms in total. The van der Waals surface area contributed by atoms with Gasteiger partial charge in [0, 0.05) is 6.04 Å². The van der Waals surface area contributed by atoms with Gasteiger partial charge in [0.05, 0.1) is 22.8 Å². The zero-order valence-corrected chi connectivity index (χ0v) is 16.3. The first-order chi connectivity index (χ1) is 12.8. The monoisotopic (exact) mass is 394 g/mol. The lowest BCUT2D eigenvalue weighted by Crippen LogP contribution is -2.32. The fraction of sp³-hybridized carbons (Fsp3) is 0.316. The Kier molecular flexibility index (Phi) is 6.92. The van der Waals surface area contributed by atoms with Crippen molar-refractivity contribution in [3.05, 3.63) is 53.8 Å². The number of nitrogens with one attached hydrogen (secondary N) is 2. The van der Waals surface area contributed by atoms with Crippen LogP contribution in [0.4, 0.5) is 10.1 Å². The summed E-state index contributed by atoms with van der Waals surface area (Å²) < 4.78 is 46.9. The van der Waals surface area contributed by atoms with E-state index in [1.807, 2.05) is 6.92 Å². The second-order valence-electron chi connectivity index (χ2n) is 5.96. The average Bonchev–Trinajstić information content (AvgIpc) is 2.63. The molecule has 146 valence electrons. The van der Waals surface area contributed by atoms with Crippen molar-refractivity contribution in [2.45, 2.75) is 38.1 Å². The predicted octanol–water partition coefficient (Wildman–Crippen LogP) is 3.55. The molecule has 2 aromatic rings. The molecule has 2 rings (SSSR count). The highest BCUT2D eigenvalue weighted by atomic mass is 32.2. The molecule has 27 heavy (non-hydrogen) atoms. The van der Waals surface area contributed by atoms with Crippen LogP contribution in [0.5, 0.6) is 5.75 Å². The van der Waals surface area contributed by atoms with Gasteiger partial charge in [-0.05, 0) is 50.6 Å². The predicted molar refractivity (Wildman–Crippen MR) is 102 cm³/mol. The fourth-order valence-corrected chi connectivity index (χ4v) is 3.66. The summed E-state index contributed by atoms with van der Waals surface area (Å²) in [6.45, 7) is 5.70. The minimum Gasteiger partial charge on any atom is -0.492 e. The quantitative estimate of drug-likeness (QED) is 0.717. The summed E-state index contributed by atoms with van der Waals surface area (Å²) in [5.74, 6) is -1.07. The summed E-state index contributed by atoms with van der Waals surface area (Å²) in [5.41, 5.74) is 0.00284. The lowest BCUT2D eigenvalue weighted by Gasteiger charge is -2.16. The van der Waals surface area contributed by atoms with Crippen LogP contribution in [0.25, 0.3) is 0 Å². The number of amides is 1. The maximum absolute atomic E-state index is 13.8. The number of rotatable bonds is 8. The van der Waals surface area contributed by atoms with Crippen LogP contribution < -0.4 is 14.8 Å². The van der Waals surface area contributed by atoms with Crippen LogP contribution in [-0.4, -0.2) is 27.0 Å². The van der Waals surface area contributed by atoms with E-state index >= 15 is 0 Å². The molecule has 8 heteroatoms. The molecule has 0 aliphatic carbocycles. The highest BCUT2D eigenvalue weighted by molar-refractivity contribution is 7.89. The number of carbonyl (C=O) groups excluding carboxylic acids is 1. The van der Waals surface area contributed by atoms with Gasteiger partial charge in [-0.1, -0.05) is 19.1 Å². The third kappa shape index (κ3) is 5.27. The van der Waals surface area contributed by atoms with Crippen LogP contribution in [0.15, 0.2) is 47.4 Å². The molecule has 2 N–H and O–H groups in total. The van der Waals surface area contributed by atoms with Gasteiger partial charge in [-0.25, -0.2) is 17.5 Å². The van der Waals surface area contributed by atoms with Crippen molar-refractivity contribution in [1.82, 2.24) is 4.72 Å². The summed E-state index contributed by atoms with van der Waals surface area (Å²) in [5, 5.41) is 2.54. The van der Waals surface area contributed by atoms with Crippen LogP contribution in [-0.2, 0) is 10.0 Å². The van der Waals surface area contributed by atoms with Gasteiger partial charge >= 0.3 is 0 Å². The summed E-state index contributed by atoms with van der Waals surface area (Å²) in [6, 6.07) is 9.46. The lowest BCUT2D eigenvalue weighted by molar-refractivity contribution is 0.102. The highest BCUT2D eigenvalue weighted by Gasteiger charge is 2.20. The molecule has 1 atom stereocenters. The van der Waals surface area contributed by atoms with E-state index in [0.717, 1.165) is 0 Å². The topological polar surface area (TPSA) is 84.5 Å². The van der Waals surface area contributed by atoms with Crippen molar-refractivity contribution < 1.29 is 22.3 Å². The number of hydrogen-bond donors (Lipinski definition) is 2. The average molecular weight is 394 g/mol. The molecule has 2 aromatic carbocycles. The van der Waals surface area contributed by atoms with Crippen LogP contribution in [0, 0.1) is 5.82 Å². The smallest absolute Gasteiger partial charge is 0.258 e. The van der Waals surface area contributed by atoms with Gasteiger partial charge in [-0.15, -0.1) is 0 Å². The molecule has 0 radical (unpaired) electrons. The summed E-state index contributed by atoms with van der Waals surface area (Å²) in [7, 11) is -3.77. The fourth-order valence-electron chi connectivity index (χ4n) is 2.31. The van der Waals surface area contributed by atoms with E-state index in [0.29, 0.717) is 18.8 Å². The Balaban J connectivity index is 2.38. The first-order valence-electron chi connectivity index (χ1n) is 8.63. The normalized spacial score (nSPS) is 12.4.